The van der Waals surface area contributed by atoms with Crippen LogP contribution >= 0.6 is 11.6 Å². The van der Waals surface area contributed by atoms with Gasteiger partial charge in [-0.25, -0.2) is 4.68 Å². The van der Waals surface area contributed by atoms with Gasteiger partial charge in [0.2, 0.25) is 0 Å². The molecule has 2 aromatic heterocycles. The lowest BCUT2D eigenvalue weighted by atomic mass is 10.0. The molecule has 0 saturated carbocycles. The molecule has 4 rings (SSSR count). The first-order chi connectivity index (χ1) is 17.3. The predicted molar refractivity (Wildman–Crippen MR) is 124 cm³/mol. The number of benzene rings is 2. The van der Waals surface area contributed by atoms with Gasteiger partial charge in [0.25, 0.3) is 0 Å². The molecule has 196 valence electrons. The molecule has 7 nitrogen and oxygen atoms in total. The Labute approximate surface area is 212 Å². The normalized spacial score (nSPS) is 12.3. The van der Waals surface area contributed by atoms with E-state index in [0.717, 1.165) is 5.56 Å². The number of hydrogen-bond acceptors (Lipinski definition) is 5. The molecular weight excluding hydrogens is 524 g/mol. The van der Waals surface area contributed by atoms with Gasteiger partial charge in [-0.3, -0.25) is 0 Å². The van der Waals surface area contributed by atoms with Crippen molar-refractivity contribution in [2.75, 3.05) is 19.0 Å². The Kier molecular flexibility index (Phi) is 6.93. The van der Waals surface area contributed by atoms with Crippen LogP contribution in [0, 0.1) is 6.92 Å². The maximum atomic E-state index is 13.3. The average Bonchev–Trinajstić information content (AvgIpc) is 3.37. The van der Waals surface area contributed by atoms with Gasteiger partial charge in [0.1, 0.15) is 5.82 Å². The first kappa shape index (κ1) is 26.5. The van der Waals surface area contributed by atoms with Gasteiger partial charge >= 0.3 is 12.4 Å². The largest absolute Gasteiger partial charge is 0.416 e. The third-order valence-electron chi connectivity index (χ3n) is 5.55. The molecule has 0 atom stereocenters. The minimum Gasteiger partial charge on any atom is -0.361 e. The molecule has 0 saturated heterocycles. The van der Waals surface area contributed by atoms with Gasteiger partial charge < -0.3 is 9.47 Å². The number of hydrogen-bond donors (Lipinski definition) is 0. The average molecular weight is 544 g/mol. The number of aromatic nitrogens is 6. The van der Waals surface area contributed by atoms with Crippen LogP contribution in [0.25, 0.3) is 11.5 Å². The summed E-state index contributed by atoms with van der Waals surface area (Å²) in [6.45, 7) is 1.63. The summed E-state index contributed by atoms with van der Waals surface area (Å²) in [5, 5.41) is 17.0. The zero-order chi connectivity index (χ0) is 27.1. The highest BCUT2D eigenvalue weighted by Gasteiger charge is 2.37. The van der Waals surface area contributed by atoms with Crippen LogP contribution in [0.5, 0.6) is 0 Å². The minimum atomic E-state index is -4.96. The summed E-state index contributed by atoms with van der Waals surface area (Å²) < 4.78 is 82.9. The van der Waals surface area contributed by atoms with E-state index in [-0.39, 0.29) is 17.3 Å². The Hall–Kier alpha value is -3.61. The minimum absolute atomic E-state index is 0.0864. The number of rotatable bonds is 6. The molecule has 4 aromatic rings. The molecule has 14 heteroatoms. The fourth-order valence-corrected chi connectivity index (χ4v) is 4.02. The lowest BCUT2D eigenvalue weighted by molar-refractivity contribution is -0.143. The number of anilines is 1. The van der Waals surface area contributed by atoms with Crippen molar-refractivity contribution >= 4 is 17.4 Å². The Morgan fingerprint density at radius 2 is 1.49 bits per heavy atom. The fraction of sp³-hybridized carbons (Fsp3) is 0.304. The molecule has 0 fully saturated rings. The molecule has 0 aliphatic rings. The van der Waals surface area contributed by atoms with E-state index in [2.05, 4.69) is 20.5 Å². The van der Waals surface area contributed by atoms with Gasteiger partial charge in [-0.2, -0.15) is 26.3 Å². The molecule has 37 heavy (non-hydrogen) atoms. The van der Waals surface area contributed by atoms with Crippen molar-refractivity contribution < 1.29 is 26.3 Å². The van der Waals surface area contributed by atoms with Gasteiger partial charge in [0.15, 0.2) is 17.3 Å². The van der Waals surface area contributed by atoms with Crippen molar-refractivity contribution in [1.82, 2.24) is 29.8 Å². The van der Waals surface area contributed by atoms with E-state index in [1.165, 1.54) is 4.68 Å². The van der Waals surface area contributed by atoms with Crippen molar-refractivity contribution in [1.29, 1.82) is 0 Å². The first-order valence-corrected chi connectivity index (χ1v) is 11.2. The zero-order valence-corrected chi connectivity index (χ0v) is 20.5. The molecule has 2 heterocycles. The summed E-state index contributed by atoms with van der Waals surface area (Å²) in [6.07, 6.45) is -9.92. The predicted octanol–water partition coefficient (Wildman–Crippen LogP) is 5.70. The molecule has 0 spiro atoms. The highest BCUT2D eigenvalue weighted by Crippen LogP contribution is 2.37. The Morgan fingerprint density at radius 1 is 0.865 bits per heavy atom. The highest BCUT2D eigenvalue weighted by molar-refractivity contribution is 6.31. The molecular formula is C23H20ClF6N7. The van der Waals surface area contributed by atoms with Crippen LogP contribution in [0.15, 0.2) is 42.5 Å². The van der Waals surface area contributed by atoms with Crippen molar-refractivity contribution in [2.24, 2.45) is 0 Å². The van der Waals surface area contributed by atoms with Crippen LogP contribution in [-0.2, 0) is 25.4 Å². The Morgan fingerprint density at radius 3 is 2.05 bits per heavy atom. The van der Waals surface area contributed by atoms with E-state index in [9.17, 15) is 26.3 Å². The molecule has 0 aliphatic carbocycles. The molecule has 0 radical (unpaired) electrons. The quantitative estimate of drug-likeness (QED) is 0.292. The van der Waals surface area contributed by atoms with E-state index in [4.69, 9.17) is 11.6 Å². The standard InChI is InChI=1S/C23H20ClF6N7/c1-13-31-33-20(36(13)12-15-6-4-5-7-18(15)24)19-21(35(2)3)37(34-32-19)11-14-8-16(22(25,26)27)10-17(9-14)23(28,29)30/h4-10H,11-12H2,1-3H3. The SMILES string of the molecule is Cc1nnc(-c2nnn(Cc3cc(C(F)(F)F)cc(C(F)(F)F)c3)c2N(C)C)n1Cc1ccccc1Cl. The molecule has 0 amide bonds. The van der Waals surface area contributed by atoms with Crippen LogP contribution in [0.4, 0.5) is 32.2 Å². The maximum absolute atomic E-state index is 13.3. The van der Waals surface area contributed by atoms with E-state index in [1.54, 1.807) is 42.6 Å². The summed E-state index contributed by atoms with van der Waals surface area (Å²) in [6, 6.07) is 8.61. The first-order valence-electron chi connectivity index (χ1n) is 10.8. The van der Waals surface area contributed by atoms with Gasteiger partial charge in [-0.05, 0) is 42.3 Å². The fourth-order valence-electron chi connectivity index (χ4n) is 3.83. The second-order valence-corrected chi connectivity index (χ2v) is 8.88. The second kappa shape index (κ2) is 9.69. The highest BCUT2D eigenvalue weighted by atomic mass is 35.5. The van der Waals surface area contributed by atoms with E-state index in [1.807, 2.05) is 12.1 Å². The van der Waals surface area contributed by atoms with Crippen molar-refractivity contribution in [3.63, 3.8) is 0 Å². The lowest BCUT2D eigenvalue weighted by Gasteiger charge is -2.18. The summed E-state index contributed by atoms with van der Waals surface area (Å²) in [5.41, 5.74) is -2.01. The monoisotopic (exact) mass is 543 g/mol. The van der Waals surface area contributed by atoms with E-state index >= 15 is 0 Å². The number of alkyl halides is 6. The number of halogens is 7. The van der Waals surface area contributed by atoms with Crippen LogP contribution in [0.3, 0.4) is 0 Å². The molecule has 0 bridgehead atoms. The van der Waals surface area contributed by atoms with E-state index < -0.39 is 30.0 Å². The van der Waals surface area contributed by atoms with Crippen LogP contribution in [-0.4, -0.2) is 43.9 Å². The maximum Gasteiger partial charge on any atom is 0.416 e. The number of aryl methyl sites for hydroxylation is 1. The smallest absolute Gasteiger partial charge is 0.361 e. The Bertz CT molecular complexity index is 1390. The van der Waals surface area contributed by atoms with Crippen LogP contribution in [0.2, 0.25) is 5.02 Å². The molecule has 0 unspecified atom stereocenters. The van der Waals surface area contributed by atoms with Gasteiger partial charge in [0, 0.05) is 19.1 Å². The van der Waals surface area contributed by atoms with Gasteiger partial charge in [0.05, 0.1) is 24.2 Å². The zero-order valence-electron chi connectivity index (χ0n) is 19.7. The Balaban J connectivity index is 1.77. The van der Waals surface area contributed by atoms with Crippen molar-refractivity contribution in [2.45, 2.75) is 32.4 Å². The van der Waals surface area contributed by atoms with Crippen LogP contribution in [0.1, 0.15) is 28.1 Å². The molecule has 0 aliphatic heterocycles. The summed E-state index contributed by atoms with van der Waals surface area (Å²) in [5.74, 6) is 1.17. The van der Waals surface area contributed by atoms with E-state index in [0.29, 0.717) is 41.2 Å². The third kappa shape index (κ3) is 5.55. The summed E-state index contributed by atoms with van der Waals surface area (Å²) in [7, 11) is 3.29. The second-order valence-electron chi connectivity index (χ2n) is 8.48. The lowest BCUT2D eigenvalue weighted by Crippen LogP contribution is -2.18. The van der Waals surface area contributed by atoms with Gasteiger partial charge in [-0.15, -0.1) is 15.3 Å². The van der Waals surface area contributed by atoms with Gasteiger partial charge in [-0.1, -0.05) is 35.0 Å². The molecule has 0 N–H and O–H groups in total. The molecule has 2 aromatic carbocycles. The number of nitrogens with zero attached hydrogens (tertiary/aromatic N) is 7. The van der Waals surface area contributed by atoms with Crippen molar-refractivity contribution in [3.05, 3.63) is 75.6 Å². The summed E-state index contributed by atoms with van der Waals surface area (Å²) in [4.78, 5) is 1.59. The third-order valence-corrected chi connectivity index (χ3v) is 5.91. The topological polar surface area (TPSA) is 64.7 Å². The van der Waals surface area contributed by atoms with Crippen molar-refractivity contribution in [3.8, 4) is 11.5 Å². The summed E-state index contributed by atoms with van der Waals surface area (Å²) >= 11 is 6.30. The van der Waals surface area contributed by atoms with Crippen LogP contribution < -0.4 is 4.90 Å².